The number of ether oxygens (including phenoxy) is 1. The molecule has 0 aliphatic heterocycles. The molecule has 7 heteroatoms. The van der Waals surface area contributed by atoms with Gasteiger partial charge in [0.15, 0.2) is 0 Å². The Morgan fingerprint density at radius 2 is 2.09 bits per heavy atom. The predicted molar refractivity (Wildman–Crippen MR) is 80.4 cm³/mol. The Balaban J connectivity index is 1.80. The molecule has 0 aliphatic rings. The largest absolute Gasteiger partial charge is 0.456 e. The third-order valence-corrected chi connectivity index (χ3v) is 3.80. The molecule has 3 aromatic rings. The first kappa shape index (κ1) is 14.4. The fourth-order valence-electron chi connectivity index (χ4n) is 1.94. The molecule has 0 spiro atoms. The average molecular weight is 315 g/mol. The molecule has 0 atom stereocenters. The van der Waals surface area contributed by atoms with E-state index in [0.29, 0.717) is 22.9 Å². The number of aromatic nitrogens is 3. The first-order valence-corrected chi connectivity index (χ1v) is 7.43. The maximum Gasteiger partial charge on any atom is 0.339 e. The summed E-state index contributed by atoms with van der Waals surface area (Å²) < 4.78 is 10.7. The number of aryl methyl sites for hydroxylation is 2. The lowest BCUT2D eigenvalue weighted by atomic mass is 10.1. The summed E-state index contributed by atoms with van der Waals surface area (Å²) in [5.74, 6) is 0.314. The van der Waals surface area contributed by atoms with Crippen molar-refractivity contribution in [3.63, 3.8) is 0 Å². The fourth-order valence-corrected chi connectivity index (χ4v) is 2.65. The van der Waals surface area contributed by atoms with Crippen molar-refractivity contribution in [2.45, 2.75) is 20.5 Å². The van der Waals surface area contributed by atoms with Gasteiger partial charge in [0.2, 0.25) is 11.8 Å². The van der Waals surface area contributed by atoms with E-state index in [-0.39, 0.29) is 6.61 Å². The van der Waals surface area contributed by atoms with Crippen LogP contribution in [0.5, 0.6) is 0 Å². The van der Waals surface area contributed by atoms with Gasteiger partial charge in [-0.3, -0.25) is 0 Å². The minimum Gasteiger partial charge on any atom is -0.456 e. The predicted octanol–water partition coefficient (Wildman–Crippen LogP) is 3.17. The van der Waals surface area contributed by atoms with E-state index in [2.05, 4.69) is 15.2 Å². The standard InChI is InChI=1S/C15H13N3O3S/c1-9-17-18-14(21-9)12-5-3-4-6-13(12)15(19)20-8-11-7-16-10(2)22-11/h3-7H,8H2,1-2H3. The molecule has 2 aromatic heterocycles. The van der Waals surface area contributed by atoms with Crippen molar-refractivity contribution in [3.05, 3.63) is 51.8 Å². The lowest BCUT2D eigenvalue weighted by molar-refractivity contribution is 0.0477. The summed E-state index contributed by atoms with van der Waals surface area (Å²) in [6.07, 6.45) is 1.71. The van der Waals surface area contributed by atoms with Crippen LogP contribution in [0.1, 0.15) is 26.1 Å². The van der Waals surface area contributed by atoms with Crippen LogP contribution in [0.25, 0.3) is 11.5 Å². The molecular weight excluding hydrogens is 302 g/mol. The van der Waals surface area contributed by atoms with E-state index in [4.69, 9.17) is 9.15 Å². The van der Waals surface area contributed by atoms with Gasteiger partial charge in [-0.2, -0.15) is 0 Å². The second-order valence-corrected chi connectivity index (χ2v) is 5.91. The fraction of sp³-hybridized carbons (Fsp3) is 0.200. The van der Waals surface area contributed by atoms with Crippen LogP contribution in [0.4, 0.5) is 0 Å². The van der Waals surface area contributed by atoms with Crippen molar-refractivity contribution in [2.75, 3.05) is 0 Å². The van der Waals surface area contributed by atoms with Crippen LogP contribution >= 0.6 is 11.3 Å². The third-order valence-electron chi connectivity index (χ3n) is 2.92. The van der Waals surface area contributed by atoms with Gasteiger partial charge in [-0.05, 0) is 19.1 Å². The number of esters is 1. The molecule has 0 aliphatic carbocycles. The third kappa shape index (κ3) is 3.04. The first-order valence-electron chi connectivity index (χ1n) is 6.61. The van der Waals surface area contributed by atoms with Crippen LogP contribution in [-0.4, -0.2) is 21.2 Å². The normalized spacial score (nSPS) is 10.6. The van der Waals surface area contributed by atoms with E-state index in [1.807, 2.05) is 6.92 Å². The van der Waals surface area contributed by atoms with Crippen LogP contribution in [0.3, 0.4) is 0 Å². The van der Waals surface area contributed by atoms with E-state index in [1.165, 1.54) is 11.3 Å². The Bertz CT molecular complexity index is 810. The maximum atomic E-state index is 12.3. The summed E-state index contributed by atoms with van der Waals surface area (Å²) in [6, 6.07) is 6.99. The van der Waals surface area contributed by atoms with Crippen molar-refractivity contribution < 1.29 is 13.9 Å². The highest BCUT2D eigenvalue weighted by Crippen LogP contribution is 2.23. The molecule has 6 nitrogen and oxygen atoms in total. The van der Waals surface area contributed by atoms with Gasteiger partial charge < -0.3 is 9.15 Å². The van der Waals surface area contributed by atoms with Gasteiger partial charge in [-0.25, -0.2) is 9.78 Å². The van der Waals surface area contributed by atoms with Crippen LogP contribution in [0, 0.1) is 13.8 Å². The Hall–Kier alpha value is -2.54. The molecule has 0 fully saturated rings. The number of carbonyl (C=O) groups excluding carboxylic acids is 1. The second kappa shape index (κ2) is 6.07. The Kier molecular flexibility index (Phi) is 3.97. The summed E-state index contributed by atoms with van der Waals surface area (Å²) in [7, 11) is 0. The van der Waals surface area contributed by atoms with Gasteiger partial charge in [0.25, 0.3) is 0 Å². The molecule has 0 saturated heterocycles. The molecule has 22 heavy (non-hydrogen) atoms. The average Bonchev–Trinajstić information content (AvgIpc) is 3.13. The summed E-state index contributed by atoms with van der Waals surface area (Å²) in [6.45, 7) is 3.80. The molecular formula is C15H13N3O3S. The number of thiazole rings is 1. The SMILES string of the molecule is Cc1nnc(-c2ccccc2C(=O)OCc2cnc(C)s2)o1. The number of hydrogen-bond donors (Lipinski definition) is 0. The number of hydrogen-bond acceptors (Lipinski definition) is 7. The van der Waals surface area contributed by atoms with Gasteiger partial charge in [0.1, 0.15) is 6.61 Å². The molecule has 112 valence electrons. The number of rotatable bonds is 4. The van der Waals surface area contributed by atoms with Crippen LogP contribution in [-0.2, 0) is 11.3 Å². The summed E-state index contributed by atoms with van der Waals surface area (Å²) in [4.78, 5) is 17.3. The van der Waals surface area contributed by atoms with Crippen molar-refractivity contribution >= 4 is 17.3 Å². The van der Waals surface area contributed by atoms with Crippen molar-refractivity contribution in [1.82, 2.24) is 15.2 Å². The summed E-state index contributed by atoms with van der Waals surface area (Å²) in [5.41, 5.74) is 0.959. The molecule has 2 heterocycles. The highest BCUT2D eigenvalue weighted by atomic mass is 32.1. The van der Waals surface area contributed by atoms with E-state index in [0.717, 1.165) is 9.88 Å². The molecule has 1 aromatic carbocycles. The Morgan fingerprint density at radius 1 is 1.27 bits per heavy atom. The molecule has 0 N–H and O–H groups in total. The molecule has 0 amide bonds. The van der Waals surface area contributed by atoms with Crippen molar-refractivity contribution in [2.24, 2.45) is 0 Å². The highest BCUT2D eigenvalue weighted by Gasteiger charge is 2.18. The van der Waals surface area contributed by atoms with E-state index in [9.17, 15) is 4.79 Å². The van der Waals surface area contributed by atoms with Crippen LogP contribution < -0.4 is 0 Å². The number of carbonyl (C=O) groups is 1. The molecule has 0 bridgehead atoms. The lowest BCUT2D eigenvalue weighted by Gasteiger charge is -2.06. The van der Waals surface area contributed by atoms with Crippen molar-refractivity contribution in [3.8, 4) is 11.5 Å². The zero-order valence-corrected chi connectivity index (χ0v) is 12.9. The zero-order valence-electron chi connectivity index (χ0n) is 12.1. The molecule has 3 rings (SSSR count). The van der Waals surface area contributed by atoms with Gasteiger partial charge in [-0.15, -0.1) is 21.5 Å². The maximum absolute atomic E-state index is 12.3. The number of nitrogens with zero attached hydrogens (tertiary/aromatic N) is 3. The minimum absolute atomic E-state index is 0.196. The Labute approximate surface area is 130 Å². The molecule has 0 saturated carbocycles. The Morgan fingerprint density at radius 3 is 2.77 bits per heavy atom. The van der Waals surface area contributed by atoms with Gasteiger partial charge in [0, 0.05) is 13.1 Å². The molecule has 0 radical (unpaired) electrons. The van der Waals surface area contributed by atoms with Crippen LogP contribution in [0.2, 0.25) is 0 Å². The highest BCUT2D eigenvalue weighted by molar-refractivity contribution is 7.11. The summed E-state index contributed by atoms with van der Waals surface area (Å²) in [5, 5.41) is 8.67. The first-order chi connectivity index (χ1) is 10.6. The van der Waals surface area contributed by atoms with Gasteiger partial charge >= 0.3 is 5.97 Å². The quantitative estimate of drug-likeness (QED) is 0.688. The van der Waals surface area contributed by atoms with Crippen LogP contribution in [0.15, 0.2) is 34.9 Å². The van der Waals surface area contributed by atoms with E-state index >= 15 is 0 Å². The lowest BCUT2D eigenvalue weighted by Crippen LogP contribution is -2.06. The zero-order chi connectivity index (χ0) is 15.5. The van der Waals surface area contributed by atoms with Gasteiger partial charge in [0.05, 0.1) is 21.0 Å². The van der Waals surface area contributed by atoms with Gasteiger partial charge in [-0.1, -0.05) is 12.1 Å². The van der Waals surface area contributed by atoms with E-state index < -0.39 is 5.97 Å². The van der Waals surface area contributed by atoms with E-state index in [1.54, 1.807) is 37.4 Å². The molecule has 0 unspecified atom stereocenters. The van der Waals surface area contributed by atoms with Crippen molar-refractivity contribution in [1.29, 1.82) is 0 Å². The summed E-state index contributed by atoms with van der Waals surface area (Å²) >= 11 is 1.50. The number of benzene rings is 1. The second-order valence-electron chi connectivity index (χ2n) is 4.59. The topological polar surface area (TPSA) is 78.1 Å². The minimum atomic E-state index is -0.433. The smallest absolute Gasteiger partial charge is 0.339 e. The monoisotopic (exact) mass is 315 g/mol.